The number of hydrogen-bond acceptors (Lipinski definition) is 4. The Morgan fingerprint density at radius 3 is 2.44 bits per heavy atom. The van der Waals surface area contributed by atoms with E-state index in [9.17, 15) is 4.79 Å². The Kier molecular flexibility index (Phi) is 4.97. The number of H-pyrrole nitrogens is 1. The summed E-state index contributed by atoms with van der Waals surface area (Å²) in [5, 5.41) is 0.477. The van der Waals surface area contributed by atoms with Crippen molar-refractivity contribution in [2.75, 3.05) is 14.2 Å². The van der Waals surface area contributed by atoms with Crippen molar-refractivity contribution in [1.82, 2.24) is 9.97 Å². The first-order chi connectivity index (χ1) is 12.1. The molecule has 2 heterocycles. The summed E-state index contributed by atoms with van der Waals surface area (Å²) in [4.78, 5) is 19.8. The molecule has 0 unspecified atom stereocenters. The van der Waals surface area contributed by atoms with Gasteiger partial charge in [0, 0.05) is 18.2 Å². The molecule has 1 N–H and O–H groups in total. The highest BCUT2D eigenvalue weighted by Gasteiger charge is 2.13. The average Bonchev–Trinajstić information content (AvgIpc) is 2.62. The van der Waals surface area contributed by atoms with Crippen molar-refractivity contribution in [3.63, 3.8) is 0 Å². The fourth-order valence-electron chi connectivity index (χ4n) is 2.81. The van der Waals surface area contributed by atoms with Crippen LogP contribution in [0.5, 0.6) is 11.5 Å². The zero-order valence-electron chi connectivity index (χ0n) is 14.7. The monoisotopic (exact) mass is 340 g/mol. The van der Waals surface area contributed by atoms with Gasteiger partial charge in [-0.25, -0.2) is 4.98 Å². The molecule has 3 aromatic rings. The molecule has 6 heteroatoms. The minimum atomic E-state index is -0.191. The van der Waals surface area contributed by atoms with Gasteiger partial charge in [-0.2, -0.15) is 4.57 Å². The SMILES string of the molecule is CCCc1cc[n+](Cc2nc3cc(OC)c(OC)cc3c(=O)[nH]2)cc1. The zero-order valence-corrected chi connectivity index (χ0v) is 14.7. The van der Waals surface area contributed by atoms with Gasteiger partial charge in [-0.05, 0) is 18.1 Å². The maximum atomic E-state index is 12.4. The first kappa shape index (κ1) is 17.0. The predicted molar refractivity (Wildman–Crippen MR) is 95.2 cm³/mol. The van der Waals surface area contributed by atoms with E-state index in [0.717, 1.165) is 12.8 Å². The molecular weight excluding hydrogens is 318 g/mol. The minimum Gasteiger partial charge on any atom is -0.493 e. The Morgan fingerprint density at radius 2 is 1.80 bits per heavy atom. The molecule has 1 aromatic carbocycles. The van der Waals surface area contributed by atoms with Gasteiger partial charge in [0.15, 0.2) is 29.7 Å². The molecule has 25 heavy (non-hydrogen) atoms. The van der Waals surface area contributed by atoms with E-state index in [-0.39, 0.29) is 5.56 Å². The highest BCUT2D eigenvalue weighted by Crippen LogP contribution is 2.29. The number of aromatic amines is 1. The summed E-state index contributed by atoms with van der Waals surface area (Å²) in [6.07, 6.45) is 6.19. The van der Waals surface area contributed by atoms with Crippen LogP contribution in [-0.4, -0.2) is 24.2 Å². The minimum absolute atomic E-state index is 0.191. The third-order valence-corrected chi connectivity index (χ3v) is 4.09. The molecule has 6 nitrogen and oxygen atoms in total. The van der Waals surface area contributed by atoms with Crippen LogP contribution in [0.2, 0.25) is 0 Å². The van der Waals surface area contributed by atoms with Crippen LogP contribution in [0.1, 0.15) is 24.7 Å². The number of hydrogen-bond donors (Lipinski definition) is 1. The van der Waals surface area contributed by atoms with E-state index in [4.69, 9.17) is 9.47 Å². The second-order valence-corrected chi connectivity index (χ2v) is 5.87. The maximum absolute atomic E-state index is 12.4. The summed E-state index contributed by atoms with van der Waals surface area (Å²) >= 11 is 0. The van der Waals surface area contributed by atoms with Crippen LogP contribution in [0.4, 0.5) is 0 Å². The van der Waals surface area contributed by atoms with Crippen LogP contribution in [0.15, 0.2) is 41.5 Å². The van der Waals surface area contributed by atoms with Gasteiger partial charge in [0.05, 0.1) is 25.1 Å². The molecular formula is C19H22N3O3+. The number of aromatic nitrogens is 3. The topological polar surface area (TPSA) is 68.1 Å². The second-order valence-electron chi connectivity index (χ2n) is 5.87. The van der Waals surface area contributed by atoms with Gasteiger partial charge in [0.25, 0.3) is 5.56 Å². The lowest BCUT2D eigenvalue weighted by molar-refractivity contribution is -0.689. The third kappa shape index (κ3) is 3.63. The Labute approximate surface area is 146 Å². The summed E-state index contributed by atoms with van der Waals surface area (Å²) in [5.74, 6) is 1.66. The highest BCUT2D eigenvalue weighted by molar-refractivity contribution is 5.81. The van der Waals surface area contributed by atoms with E-state index in [2.05, 4.69) is 29.0 Å². The number of methoxy groups -OCH3 is 2. The van der Waals surface area contributed by atoms with Crippen molar-refractivity contribution in [3.05, 3.63) is 58.4 Å². The Hall–Kier alpha value is -2.89. The normalized spacial score (nSPS) is 10.8. The van der Waals surface area contributed by atoms with Crippen LogP contribution in [-0.2, 0) is 13.0 Å². The number of fused-ring (bicyclic) bond motifs is 1. The fraction of sp³-hybridized carbons (Fsp3) is 0.316. The number of nitrogens with one attached hydrogen (secondary N) is 1. The standard InChI is InChI=1S/C19H21N3O3/c1-4-5-13-6-8-22(9-7-13)12-18-20-15-11-17(25-3)16(24-2)10-14(15)19(23)21-18/h6-11H,4-5,12H2,1-3H3/p+1. The zero-order chi connectivity index (χ0) is 17.8. The smallest absolute Gasteiger partial charge is 0.259 e. The quantitative estimate of drug-likeness (QED) is 0.699. The van der Waals surface area contributed by atoms with Crippen LogP contribution < -0.4 is 19.6 Å². The lowest BCUT2D eigenvalue weighted by atomic mass is 10.1. The van der Waals surface area contributed by atoms with Gasteiger partial charge >= 0.3 is 0 Å². The van der Waals surface area contributed by atoms with Gasteiger partial charge in [0.1, 0.15) is 0 Å². The molecule has 0 aliphatic carbocycles. The van der Waals surface area contributed by atoms with Crippen LogP contribution in [0.3, 0.4) is 0 Å². The van der Waals surface area contributed by atoms with Gasteiger partial charge < -0.3 is 14.5 Å². The van der Waals surface area contributed by atoms with Crippen LogP contribution >= 0.6 is 0 Å². The Morgan fingerprint density at radius 1 is 1.12 bits per heavy atom. The van der Waals surface area contributed by atoms with Gasteiger partial charge in [-0.3, -0.25) is 4.79 Å². The predicted octanol–water partition coefficient (Wildman–Crippen LogP) is 2.23. The maximum Gasteiger partial charge on any atom is 0.259 e. The van der Waals surface area contributed by atoms with Crippen molar-refractivity contribution in [3.8, 4) is 11.5 Å². The summed E-state index contributed by atoms with van der Waals surface area (Å²) in [7, 11) is 3.10. The van der Waals surface area contributed by atoms with E-state index < -0.39 is 0 Å². The number of aryl methyl sites for hydroxylation is 1. The molecule has 0 bridgehead atoms. The molecule has 0 aliphatic rings. The molecule has 0 aliphatic heterocycles. The van der Waals surface area contributed by atoms with Crippen molar-refractivity contribution in [1.29, 1.82) is 0 Å². The Balaban J connectivity index is 1.95. The van der Waals surface area contributed by atoms with Crippen molar-refractivity contribution in [2.45, 2.75) is 26.3 Å². The largest absolute Gasteiger partial charge is 0.493 e. The number of nitrogens with zero attached hydrogens (tertiary/aromatic N) is 2. The van der Waals surface area contributed by atoms with Gasteiger partial charge in [-0.1, -0.05) is 13.3 Å². The van der Waals surface area contributed by atoms with Gasteiger partial charge in [-0.15, -0.1) is 0 Å². The Bertz CT molecular complexity index is 933. The summed E-state index contributed by atoms with van der Waals surface area (Å²) < 4.78 is 12.5. The molecule has 0 saturated heterocycles. The number of rotatable bonds is 6. The van der Waals surface area contributed by atoms with E-state index in [1.165, 1.54) is 5.56 Å². The summed E-state index contributed by atoms with van der Waals surface area (Å²) in [5.41, 5.74) is 1.69. The molecule has 0 atom stereocenters. The number of ether oxygens (including phenoxy) is 2. The molecule has 0 saturated carbocycles. The molecule has 0 spiro atoms. The van der Waals surface area contributed by atoms with E-state index >= 15 is 0 Å². The lowest BCUT2D eigenvalue weighted by Gasteiger charge is -2.08. The first-order valence-corrected chi connectivity index (χ1v) is 8.27. The van der Waals surface area contributed by atoms with Gasteiger partial charge in [0.2, 0.25) is 6.54 Å². The van der Waals surface area contributed by atoms with E-state index in [1.807, 2.05) is 17.0 Å². The van der Waals surface area contributed by atoms with Crippen LogP contribution in [0.25, 0.3) is 10.9 Å². The number of pyridine rings is 1. The van der Waals surface area contributed by atoms with E-state index in [0.29, 0.717) is 34.8 Å². The molecule has 3 rings (SSSR count). The molecule has 0 amide bonds. The molecule has 0 radical (unpaired) electrons. The molecule has 0 fully saturated rings. The average molecular weight is 340 g/mol. The fourth-order valence-corrected chi connectivity index (χ4v) is 2.81. The third-order valence-electron chi connectivity index (χ3n) is 4.09. The van der Waals surface area contributed by atoms with Crippen molar-refractivity contribution >= 4 is 10.9 Å². The summed E-state index contributed by atoms with van der Waals surface area (Å²) in [6, 6.07) is 7.56. The summed E-state index contributed by atoms with van der Waals surface area (Å²) in [6.45, 7) is 2.65. The van der Waals surface area contributed by atoms with Crippen molar-refractivity contribution in [2.24, 2.45) is 0 Å². The number of benzene rings is 1. The molecule has 130 valence electrons. The van der Waals surface area contributed by atoms with E-state index in [1.54, 1.807) is 26.4 Å². The lowest BCUT2D eigenvalue weighted by Crippen LogP contribution is -2.35. The van der Waals surface area contributed by atoms with Crippen LogP contribution in [0, 0.1) is 0 Å². The van der Waals surface area contributed by atoms with Crippen molar-refractivity contribution < 1.29 is 14.0 Å². The first-order valence-electron chi connectivity index (χ1n) is 8.27. The highest BCUT2D eigenvalue weighted by atomic mass is 16.5. The second kappa shape index (κ2) is 7.34. The molecule has 2 aromatic heterocycles.